The predicted octanol–water partition coefficient (Wildman–Crippen LogP) is 4.24. The van der Waals surface area contributed by atoms with Crippen molar-refractivity contribution in [2.45, 2.75) is 39.2 Å². The molecule has 0 saturated heterocycles. The van der Waals surface area contributed by atoms with E-state index >= 15 is 0 Å². The van der Waals surface area contributed by atoms with Crippen LogP contribution in [0.1, 0.15) is 43.5 Å². The van der Waals surface area contributed by atoms with Crippen molar-refractivity contribution >= 4 is 23.1 Å². The van der Waals surface area contributed by atoms with Gasteiger partial charge in [-0.15, -0.1) is 0 Å². The molecule has 1 fully saturated rings. The lowest BCUT2D eigenvalue weighted by molar-refractivity contribution is -0.140. The summed E-state index contributed by atoms with van der Waals surface area (Å²) in [5.74, 6) is 0.00243. The maximum Gasteiger partial charge on any atom is 0.338 e. The quantitative estimate of drug-likeness (QED) is 0.776. The van der Waals surface area contributed by atoms with Gasteiger partial charge < -0.3 is 9.47 Å². The van der Waals surface area contributed by atoms with Gasteiger partial charge in [0.1, 0.15) is 5.75 Å². The van der Waals surface area contributed by atoms with Gasteiger partial charge in [0.2, 0.25) is 0 Å². The number of carbonyl (C=O) groups is 2. The molecule has 0 spiro atoms. The number of hydrogen-bond donors (Lipinski definition) is 0. The summed E-state index contributed by atoms with van der Waals surface area (Å²) in [6, 6.07) is 6.71. The first-order chi connectivity index (χ1) is 11.5. The Morgan fingerprint density at radius 3 is 2.96 bits per heavy atom. The summed E-state index contributed by atoms with van der Waals surface area (Å²) < 4.78 is 11.0. The van der Waals surface area contributed by atoms with E-state index in [1.165, 1.54) is 11.3 Å². The van der Waals surface area contributed by atoms with Gasteiger partial charge in [-0.25, -0.2) is 9.78 Å². The highest BCUT2D eigenvalue weighted by Crippen LogP contribution is 2.34. The Bertz CT molecular complexity index is 739. The minimum absolute atomic E-state index is 0.00251. The van der Waals surface area contributed by atoms with Crippen molar-refractivity contribution in [1.82, 2.24) is 4.98 Å². The van der Waals surface area contributed by atoms with Crippen LogP contribution in [0.5, 0.6) is 10.9 Å². The first kappa shape index (κ1) is 16.6. The molecule has 1 aliphatic rings. The van der Waals surface area contributed by atoms with Crippen molar-refractivity contribution in [2.24, 2.45) is 5.41 Å². The van der Waals surface area contributed by atoms with Gasteiger partial charge in [0, 0.05) is 17.0 Å². The van der Waals surface area contributed by atoms with E-state index in [4.69, 9.17) is 9.47 Å². The molecule has 0 radical (unpaired) electrons. The Hall–Kier alpha value is -2.21. The molecule has 0 N–H and O–H groups in total. The SMILES string of the molecule is CC1(C)CCCC(OC(=O)c2cccc(Oc3nccs3)c2)C1=O. The van der Waals surface area contributed by atoms with Crippen LogP contribution in [-0.4, -0.2) is 22.8 Å². The number of ketones is 1. The standard InChI is InChI=1S/C18H19NO4S/c1-18(2)8-4-7-14(15(18)20)23-16(21)12-5-3-6-13(11-12)22-17-19-9-10-24-17/h3,5-6,9-11,14H,4,7-8H2,1-2H3. The summed E-state index contributed by atoms with van der Waals surface area (Å²) in [4.78, 5) is 28.8. The van der Waals surface area contributed by atoms with Crippen LogP contribution in [0.2, 0.25) is 0 Å². The average molecular weight is 345 g/mol. The molecule has 1 aromatic heterocycles. The smallest absolute Gasteiger partial charge is 0.338 e. The van der Waals surface area contributed by atoms with E-state index in [-0.39, 0.29) is 5.78 Å². The van der Waals surface area contributed by atoms with Gasteiger partial charge in [0.25, 0.3) is 5.19 Å². The second-order valence-electron chi connectivity index (χ2n) is 6.46. The molecule has 2 aromatic rings. The van der Waals surface area contributed by atoms with Crippen LogP contribution >= 0.6 is 11.3 Å². The van der Waals surface area contributed by atoms with Crippen LogP contribution < -0.4 is 4.74 Å². The fraction of sp³-hybridized carbons (Fsp3) is 0.389. The Morgan fingerprint density at radius 2 is 2.21 bits per heavy atom. The van der Waals surface area contributed by atoms with Gasteiger partial charge in [-0.3, -0.25) is 4.79 Å². The lowest BCUT2D eigenvalue weighted by Crippen LogP contribution is -2.41. The fourth-order valence-electron chi connectivity index (χ4n) is 2.78. The molecule has 24 heavy (non-hydrogen) atoms. The second-order valence-corrected chi connectivity index (χ2v) is 7.32. The zero-order valence-corrected chi connectivity index (χ0v) is 14.5. The van der Waals surface area contributed by atoms with Crippen LogP contribution in [0.4, 0.5) is 0 Å². The van der Waals surface area contributed by atoms with Gasteiger partial charge >= 0.3 is 5.97 Å². The lowest BCUT2D eigenvalue weighted by atomic mass is 9.75. The number of nitrogens with zero attached hydrogens (tertiary/aromatic N) is 1. The molecule has 3 rings (SSSR count). The number of Topliss-reactive ketones (excluding diaryl/α,β-unsaturated/α-hetero) is 1. The fourth-order valence-corrected chi connectivity index (χ4v) is 3.28. The van der Waals surface area contributed by atoms with E-state index < -0.39 is 17.5 Å². The summed E-state index contributed by atoms with van der Waals surface area (Å²) >= 11 is 1.37. The molecule has 1 saturated carbocycles. The second kappa shape index (κ2) is 6.73. The molecule has 0 amide bonds. The zero-order valence-electron chi connectivity index (χ0n) is 13.7. The Balaban J connectivity index is 1.70. The van der Waals surface area contributed by atoms with Crippen LogP contribution in [0.25, 0.3) is 0 Å². The van der Waals surface area contributed by atoms with Gasteiger partial charge in [-0.05, 0) is 37.5 Å². The first-order valence-electron chi connectivity index (χ1n) is 7.88. The summed E-state index contributed by atoms with van der Waals surface area (Å²) in [7, 11) is 0. The minimum atomic E-state index is -0.662. The highest BCUT2D eigenvalue weighted by Gasteiger charge is 2.39. The number of ether oxygens (including phenoxy) is 2. The summed E-state index contributed by atoms with van der Waals surface area (Å²) in [5.41, 5.74) is -0.0702. The highest BCUT2D eigenvalue weighted by molar-refractivity contribution is 7.11. The number of esters is 1. The zero-order chi connectivity index (χ0) is 17.2. The monoisotopic (exact) mass is 345 g/mol. The van der Waals surface area contributed by atoms with Gasteiger partial charge in [-0.2, -0.15) is 0 Å². The van der Waals surface area contributed by atoms with Crippen molar-refractivity contribution in [3.63, 3.8) is 0 Å². The third-order valence-electron chi connectivity index (χ3n) is 4.16. The Kier molecular flexibility index (Phi) is 4.66. The topological polar surface area (TPSA) is 65.5 Å². The van der Waals surface area contributed by atoms with Crippen LogP contribution in [-0.2, 0) is 9.53 Å². The number of hydrogen-bond acceptors (Lipinski definition) is 6. The van der Waals surface area contributed by atoms with E-state index in [0.29, 0.717) is 22.9 Å². The van der Waals surface area contributed by atoms with Gasteiger partial charge in [-0.1, -0.05) is 31.3 Å². The molecule has 0 bridgehead atoms. The first-order valence-corrected chi connectivity index (χ1v) is 8.76. The molecule has 126 valence electrons. The third-order valence-corrected chi connectivity index (χ3v) is 4.81. The number of aromatic nitrogens is 1. The maximum atomic E-state index is 12.4. The molecule has 5 nitrogen and oxygen atoms in total. The number of benzene rings is 1. The molecule has 1 unspecified atom stereocenters. The Labute approximate surface area is 144 Å². The van der Waals surface area contributed by atoms with E-state index in [1.54, 1.807) is 30.5 Å². The number of carbonyl (C=O) groups excluding carboxylic acids is 2. The molecule has 1 aliphatic carbocycles. The van der Waals surface area contributed by atoms with Crippen molar-refractivity contribution in [3.8, 4) is 10.9 Å². The van der Waals surface area contributed by atoms with E-state index in [1.807, 2.05) is 19.2 Å². The third kappa shape index (κ3) is 3.64. The largest absolute Gasteiger partial charge is 0.451 e. The molecule has 1 heterocycles. The van der Waals surface area contributed by atoms with Crippen molar-refractivity contribution in [1.29, 1.82) is 0 Å². The maximum absolute atomic E-state index is 12.4. The van der Waals surface area contributed by atoms with Gasteiger partial charge in [0.15, 0.2) is 11.9 Å². The molecule has 0 aliphatic heterocycles. The van der Waals surface area contributed by atoms with Crippen molar-refractivity contribution < 1.29 is 19.1 Å². The molecular formula is C18H19NO4S. The average Bonchev–Trinajstić information content (AvgIpc) is 3.05. The van der Waals surface area contributed by atoms with Crippen LogP contribution in [0, 0.1) is 5.41 Å². The lowest BCUT2D eigenvalue weighted by Gasteiger charge is -2.32. The van der Waals surface area contributed by atoms with Crippen molar-refractivity contribution in [3.05, 3.63) is 41.4 Å². The van der Waals surface area contributed by atoms with Crippen LogP contribution in [0.3, 0.4) is 0 Å². The normalized spacial score (nSPS) is 19.8. The number of rotatable bonds is 4. The predicted molar refractivity (Wildman–Crippen MR) is 90.5 cm³/mol. The molecule has 6 heteroatoms. The molecule has 1 aromatic carbocycles. The van der Waals surface area contributed by atoms with E-state index in [2.05, 4.69) is 4.98 Å². The van der Waals surface area contributed by atoms with Crippen molar-refractivity contribution in [2.75, 3.05) is 0 Å². The Morgan fingerprint density at radius 1 is 1.38 bits per heavy atom. The summed E-state index contributed by atoms with van der Waals surface area (Å²) in [5, 5.41) is 2.31. The molecular weight excluding hydrogens is 326 g/mol. The van der Waals surface area contributed by atoms with E-state index in [0.717, 1.165) is 12.8 Å². The van der Waals surface area contributed by atoms with Crippen LogP contribution in [0.15, 0.2) is 35.8 Å². The molecule has 1 atom stereocenters. The number of thiazole rings is 1. The minimum Gasteiger partial charge on any atom is -0.451 e. The van der Waals surface area contributed by atoms with Gasteiger partial charge in [0.05, 0.1) is 5.56 Å². The van der Waals surface area contributed by atoms with E-state index in [9.17, 15) is 9.59 Å². The highest BCUT2D eigenvalue weighted by atomic mass is 32.1. The summed E-state index contributed by atoms with van der Waals surface area (Å²) in [6.45, 7) is 3.80. The summed E-state index contributed by atoms with van der Waals surface area (Å²) in [6.07, 6.45) is 3.28.